The van der Waals surface area contributed by atoms with E-state index in [9.17, 15) is 0 Å². The van der Waals surface area contributed by atoms with Crippen molar-refractivity contribution < 1.29 is 31.1 Å². The summed E-state index contributed by atoms with van der Waals surface area (Å²) in [6.45, 7) is 9.59. The van der Waals surface area contributed by atoms with Crippen LogP contribution in [0.4, 0.5) is 0 Å². The van der Waals surface area contributed by atoms with E-state index in [2.05, 4.69) is 19.2 Å². The van der Waals surface area contributed by atoms with E-state index in [0.29, 0.717) is 0 Å². The minimum Gasteiger partial charge on any atom is -0.472 e. The van der Waals surface area contributed by atoms with E-state index < -0.39 is 0 Å². The van der Waals surface area contributed by atoms with Gasteiger partial charge in [-0.1, -0.05) is 13.8 Å². The maximum atomic E-state index is 3.49. The summed E-state index contributed by atoms with van der Waals surface area (Å²) in [6, 6.07) is 0. The van der Waals surface area contributed by atoms with Gasteiger partial charge in [-0.25, -0.2) is 0 Å². The monoisotopic (exact) mass is 353 g/mol. The predicted molar refractivity (Wildman–Crippen MR) is 39.3 cm³/mol. The molecule has 0 fully saturated rings. The first-order valence-corrected chi connectivity index (χ1v) is 3.11. The average molecular weight is 353 g/mol. The van der Waals surface area contributed by atoms with Gasteiger partial charge in [0.05, 0.1) is 0 Å². The van der Waals surface area contributed by atoms with Crippen LogP contribution in [0.15, 0.2) is 0 Å². The molecule has 0 unspecified atom stereocenters. The number of hydrogen-bond acceptors (Lipinski definition) is 1. The number of rotatable bonds is 2. The van der Waals surface area contributed by atoms with E-state index in [1.54, 1.807) is 0 Å². The van der Waals surface area contributed by atoms with Crippen molar-refractivity contribution >= 4 is 0 Å². The van der Waals surface area contributed by atoms with Gasteiger partial charge in [-0.15, -0.1) is 0 Å². The van der Waals surface area contributed by atoms with Crippen molar-refractivity contribution in [2.24, 2.45) is 0 Å². The van der Waals surface area contributed by atoms with Crippen molar-refractivity contribution in [1.29, 1.82) is 0 Å². The Bertz CT molecular complexity index is 22.9. The smallest absolute Gasteiger partial charge is 0.472 e. The fourth-order valence-corrected chi connectivity index (χ4v) is 0.204. The van der Waals surface area contributed by atoms with Crippen LogP contribution in [0.1, 0.15) is 26.7 Å². The van der Waals surface area contributed by atoms with E-state index in [1.807, 2.05) is 20.5 Å². The molecule has 2 heteroatoms. The van der Waals surface area contributed by atoms with Crippen molar-refractivity contribution in [2.45, 2.75) is 26.7 Å². The van der Waals surface area contributed by atoms with Gasteiger partial charge in [-0.3, -0.25) is 6.54 Å². The molecule has 1 N–H and O–H groups in total. The average Bonchev–Trinajstić information content (AvgIpc) is 1.71. The van der Waals surface area contributed by atoms with Crippen molar-refractivity contribution in [3.63, 3.8) is 0 Å². The topological polar surface area (TPSA) is 12.0 Å². The molecular weight excluding hydrogens is 336 g/mol. The first-order chi connectivity index (χ1) is 3.83. The van der Waals surface area contributed by atoms with Crippen molar-refractivity contribution in [1.82, 2.24) is 5.32 Å². The van der Waals surface area contributed by atoms with Crippen molar-refractivity contribution in [3.8, 4) is 0 Å². The second-order valence-corrected chi connectivity index (χ2v) is 1.40. The molecule has 0 aliphatic carbocycles. The Morgan fingerprint density at radius 3 is 1.78 bits per heavy atom. The van der Waals surface area contributed by atoms with Gasteiger partial charge in [0.15, 0.2) is 0 Å². The van der Waals surface area contributed by atoms with Gasteiger partial charge in [0.1, 0.15) is 0 Å². The number of hydrogen-bond donors (Lipinski definition) is 1. The van der Waals surface area contributed by atoms with Crippen LogP contribution in [0.3, 0.4) is 0 Å². The van der Waals surface area contributed by atoms with Crippen LogP contribution in [-0.2, 0) is 0 Å². The Labute approximate surface area is 83.4 Å². The molecule has 0 aliphatic heterocycles. The SMILES string of the molecule is CC[CH-]NC.[CH2-]CC.[U+2]. The van der Waals surface area contributed by atoms with Gasteiger partial charge in [0, 0.05) is 0 Å². The van der Waals surface area contributed by atoms with Crippen LogP contribution in [0.5, 0.6) is 0 Å². The molecule has 0 saturated heterocycles. The molecule has 0 aromatic heterocycles. The van der Waals surface area contributed by atoms with Crippen LogP contribution < -0.4 is 5.32 Å². The summed E-state index contributed by atoms with van der Waals surface area (Å²) < 4.78 is 0. The summed E-state index contributed by atoms with van der Waals surface area (Å²) in [5.74, 6) is 0. The molecule has 0 radical (unpaired) electrons. The molecule has 54 valence electrons. The molecule has 1 nitrogen and oxygen atoms in total. The van der Waals surface area contributed by atoms with Gasteiger partial charge in [0.25, 0.3) is 0 Å². The maximum Gasteiger partial charge on any atom is 2.00 e. The Morgan fingerprint density at radius 2 is 1.78 bits per heavy atom. The van der Waals surface area contributed by atoms with Crippen molar-refractivity contribution in [2.75, 3.05) is 7.05 Å². The third kappa shape index (κ3) is 48.8. The third-order valence-corrected chi connectivity index (χ3v) is 0.408. The van der Waals surface area contributed by atoms with Crippen LogP contribution in [0.25, 0.3) is 0 Å². The van der Waals surface area contributed by atoms with E-state index in [4.69, 9.17) is 0 Å². The summed E-state index contributed by atoms with van der Waals surface area (Å²) in [5, 5.41) is 2.89. The van der Waals surface area contributed by atoms with E-state index in [-0.39, 0.29) is 31.1 Å². The van der Waals surface area contributed by atoms with Gasteiger partial charge in [-0.05, 0) is 7.05 Å². The molecule has 0 atom stereocenters. The maximum absolute atomic E-state index is 3.49. The summed E-state index contributed by atoms with van der Waals surface area (Å²) in [5.41, 5.74) is 0. The molecule has 0 heterocycles. The van der Waals surface area contributed by atoms with E-state index in [1.165, 1.54) is 0 Å². The Hall–Kier alpha value is 1.01. The molecule has 0 bridgehead atoms. The summed E-state index contributed by atoms with van der Waals surface area (Å²) in [6.07, 6.45) is 2.11. The summed E-state index contributed by atoms with van der Waals surface area (Å²) >= 11 is 0. The summed E-state index contributed by atoms with van der Waals surface area (Å²) in [4.78, 5) is 0. The normalized spacial score (nSPS) is 6.67. The van der Waals surface area contributed by atoms with Crippen LogP contribution in [0.2, 0.25) is 0 Å². The predicted octanol–water partition coefficient (Wildman–Crippen LogP) is 2.01. The Kier molecular flexibility index (Phi) is 42.3. The Morgan fingerprint density at radius 1 is 1.44 bits per heavy atom. The largest absolute Gasteiger partial charge is 2.00 e. The van der Waals surface area contributed by atoms with E-state index >= 15 is 0 Å². The van der Waals surface area contributed by atoms with Crippen molar-refractivity contribution in [3.05, 3.63) is 13.5 Å². The molecule has 0 spiro atoms. The zero-order valence-electron chi connectivity index (χ0n) is 6.70. The zero-order valence-corrected chi connectivity index (χ0v) is 10.9. The molecule has 9 heavy (non-hydrogen) atoms. The van der Waals surface area contributed by atoms with Crippen LogP contribution in [0, 0.1) is 44.6 Å². The molecule has 0 aliphatic rings. The fraction of sp³-hybridized carbons (Fsp3) is 0.714. The standard InChI is InChI=1S/C4H10N.C3H7.U/c1-3-4-5-2;1-3-2;/h4-5H,3H2,1-2H3;1,3H2,2H3;/q2*-1;+2. The first kappa shape index (κ1) is 16.5. The minimum absolute atomic E-state index is 0. The van der Waals surface area contributed by atoms with Gasteiger partial charge >= 0.3 is 31.1 Å². The van der Waals surface area contributed by atoms with Gasteiger partial charge in [0.2, 0.25) is 0 Å². The molecule has 0 amide bonds. The second-order valence-electron chi connectivity index (χ2n) is 1.40. The zero-order chi connectivity index (χ0) is 6.83. The molecule has 0 aromatic carbocycles. The van der Waals surface area contributed by atoms with Gasteiger partial charge < -0.3 is 12.2 Å². The third-order valence-electron chi connectivity index (χ3n) is 0.408. The van der Waals surface area contributed by atoms with Crippen LogP contribution >= 0.6 is 0 Å². The number of nitrogens with one attached hydrogen (secondary N) is 1. The minimum atomic E-state index is 0. The molecule has 0 saturated carbocycles. The molecule has 0 aromatic rings. The van der Waals surface area contributed by atoms with E-state index in [0.717, 1.165) is 12.8 Å². The fourth-order valence-electron chi connectivity index (χ4n) is 0.204. The second kappa shape index (κ2) is 23.0. The quantitative estimate of drug-likeness (QED) is 0.749. The molecular formula is C7H17NU. The van der Waals surface area contributed by atoms with Crippen LogP contribution in [-0.4, -0.2) is 7.05 Å². The molecule has 0 rings (SSSR count). The Balaban J connectivity index is -0.0000000800. The summed E-state index contributed by atoms with van der Waals surface area (Å²) in [7, 11) is 1.91. The first-order valence-electron chi connectivity index (χ1n) is 3.11. The van der Waals surface area contributed by atoms with Gasteiger partial charge in [-0.2, -0.15) is 12.8 Å².